The molecule has 2 aromatic rings. The van der Waals surface area contributed by atoms with Crippen molar-refractivity contribution < 1.29 is 9.84 Å². The number of fused-ring (bicyclic) bond motifs is 1. The van der Waals surface area contributed by atoms with Crippen molar-refractivity contribution in [1.29, 1.82) is 0 Å². The summed E-state index contributed by atoms with van der Waals surface area (Å²) in [6.45, 7) is 5.02. The van der Waals surface area contributed by atoms with Crippen LogP contribution in [0.1, 0.15) is 37.4 Å². The van der Waals surface area contributed by atoms with E-state index in [0.29, 0.717) is 5.75 Å². The third-order valence-electron chi connectivity index (χ3n) is 3.87. The first-order valence-corrected chi connectivity index (χ1v) is 7.33. The van der Waals surface area contributed by atoms with Crippen molar-refractivity contribution in [2.75, 3.05) is 0 Å². The van der Waals surface area contributed by atoms with Gasteiger partial charge in [0.05, 0.1) is 0 Å². The van der Waals surface area contributed by atoms with Crippen molar-refractivity contribution in [3.05, 3.63) is 59.7 Å². The summed E-state index contributed by atoms with van der Waals surface area (Å²) in [4.78, 5) is 0. The number of nitrogens with one attached hydrogen (secondary N) is 1. The molecule has 2 N–H and O–H groups in total. The molecule has 0 aliphatic carbocycles. The fourth-order valence-electron chi connectivity index (χ4n) is 2.84. The number of para-hydroxylation sites is 1. The van der Waals surface area contributed by atoms with Gasteiger partial charge < -0.3 is 15.2 Å². The van der Waals surface area contributed by atoms with E-state index in [4.69, 9.17) is 4.74 Å². The van der Waals surface area contributed by atoms with E-state index in [0.717, 1.165) is 24.3 Å². The summed E-state index contributed by atoms with van der Waals surface area (Å²) in [6, 6.07) is 15.8. The van der Waals surface area contributed by atoms with Gasteiger partial charge in [-0.15, -0.1) is 0 Å². The zero-order valence-electron chi connectivity index (χ0n) is 12.5. The summed E-state index contributed by atoms with van der Waals surface area (Å²) in [5.74, 6) is 1.27. The molecule has 0 saturated heterocycles. The van der Waals surface area contributed by atoms with E-state index in [2.05, 4.69) is 31.3 Å². The minimum Gasteiger partial charge on any atom is -0.508 e. The summed E-state index contributed by atoms with van der Waals surface area (Å²) in [6.07, 6.45) is 0.933. The second-order valence-corrected chi connectivity index (χ2v) is 6.20. The maximum absolute atomic E-state index is 9.34. The van der Waals surface area contributed by atoms with Gasteiger partial charge in [-0.1, -0.05) is 30.3 Å². The first kappa shape index (κ1) is 14.0. The van der Waals surface area contributed by atoms with E-state index in [-0.39, 0.29) is 11.6 Å². The van der Waals surface area contributed by atoms with Crippen molar-refractivity contribution in [3.63, 3.8) is 0 Å². The summed E-state index contributed by atoms with van der Waals surface area (Å²) < 4.78 is 6.04. The van der Waals surface area contributed by atoms with Crippen molar-refractivity contribution >= 4 is 0 Å². The van der Waals surface area contributed by atoms with Crippen LogP contribution in [0, 0.1) is 0 Å². The number of benzene rings is 2. The van der Waals surface area contributed by atoms with Gasteiger partial charge in [0.15, 0.2) is 0 Å². The second kappa shape index (κ2) is 5.41. The van der Waals surface area contributed by atoms with Crippen LogP contribution in [0.15, 0.2) is 48.5 Å². The van der Waals surface area contributed by atoms with Crippen molar-refractivity contribution in [1.82, 2.24) is 5.32 Å². The molecule has 2 aromatic carbocycles. The highest BCUT2D eigenvalue weighted by atomic mass is 16.5. The highest BCUT2D eigenvalue weighted by Gasteiger charge is 2.33. The fourth-order valence-corrected chi connectivity index (χ4v) is 2.84. The molecule has 0 fully saturated rings. The van der Waals surface area contributed by atoms with Crippen LogP contribution in [0.3, 0.4) is 0 Å². The first-order valence-electron chi connectivity index (χ1n) is 7.33. The van der Waals surface area contributed by atoms with Gasteiger partial charge in [-0.3, -0.25) is 0 Å². The summed E-state index contributed by atoms with van der Waals surface area (Å²) in [7, 11) is 0. The van der Waals surface area contributed by atoms with Gasteiger partial charge in [-0.05, 0) is 37.6 Å². The van der Waals surface area contributed by atoms with Gasteiger partial charge in [0.1, 0.15) is 17.1 Å². The predicted octanol–water partition coefficient (Wildman–Crippen LogP) is 3.78. The van der Waals surface area contributed by atoms with E-state index >= 15 is 0 Å². The number of phenols is 1. The summed E-state index contributed by atoms with van der Waals surface area (Å²) >= 11 is 0. The zero-order chi connectivity index (χ0) is 14.9. The van der Waals surface area contributed by atoms with Crippen LogP contribution in [0.4, 0.5) is 0 Å². The molecule has 0 amide bonds. The third kappa shape index (κ3) is 3.19. The summed E-state index contributed by atoms with van der Waals surface area (Å²) in [5.41, 5.74) is 2.21. The van der Waals surface area contributed by atoms with Gasteiger partial charge in [0.25, 0.3) is 0 Å². The Balaban J connectivity index is 1.77. The van der Waals surface area contributed by atoms with Gasteiger partial charge >= 0.3 is 0 Å². The van der Waals surface area contributed by atoms with Crippen molar-refractivity contribution in [2.45, 2.75) is 38.5 Å². The minimum atomic E-state index is -0.166. The highest BCUT2D eigenvalue weighted by molar-refractivity contribution is 5.38. The Hall–Kier alpha value is -2.00. The molecular formula is C18H21NO2. The number of ether oxygens (including phenoxy) is 1. The van der Waals surface area contributed by atoms with E-state index in [1.54, 1.807) is 12.1 Å². The molecule has 21 heavy (non-hydrogen) atoms. The molecular weight excluding hydrogens is 262 g/mol. The molecule has 1 aliphatic rings. The maximum atomic E-state index is 9.34. The van der Waals surface area contributed by atoms with Crippen molar-refractivity contribution in [3.8, 4) is 11.5 Å². The molecule has 3 heteroatoms. The lowest BCUT2D eigenvalue weighted by Crippen LogP contribution is -2.39. The predicted molar refractivity (Wildman–Crippen MR) is 83.5 cm³/mol. The molecule has 0 radical (unpaired) electrons. The Labute approximate surface area is 125 Å². The van der Waals surface area contributed by atoms with Crippen LogP contribution < -0.4 is 10.1 Å². The highest BCUT2D eigenvalue weighted by Crippen LogP contribution is 2.39. The Morgan fingerprint density at radius 1 is 1.14 bits per heavy atom. The Morgan fingerprint density at radius 2 is 1.86 bits per heavy atom. The van der Waals surface area contributed by atoms with E-state index in [1.807, 2.05) is 24.3 Å². The van der Waals surface area contributed by atoms with Crippen molar-refractivity contribution in [2.24, 2.45) is 0 Å². The van der Waals surface area contributed by atoms with Gasteiger partial charge in [0.2, 0.25) is 0 Å². The molecule has 1 unspecified atom stereocenters. The smallest absolute Gasteiger partial charge is 0.124 e. The van der Waals surface area contributed by atoms with Gasteiger partial charge in [-0.2, -0.15) is 0 Å². The Kier molecular flexibility index (Phi) is 3.60. The number of aromatic hydroxyl groups is 1. The maximum Gasteiger partial charge on any atom is 0.124 e. The zero-order valence-corrected chi connectivity index (χ0v) is 12.5. The molecule has 0 aromatic heterocycles. The summed E-state index contributed by atoms with van der Waals surface area (Å²) in [5, 5.41) is 12.9. The van der Waals surface area contributed by atoms with E-state index in [9.17, 15) is 5.11 Å². The standard InChI is InChI=1S/C18H21NO2/c1-18(2)11-16(15-5-3-4-6-17(15)21-18)19-12-13-7-9-14(20)10-8-13/h3-10,16,19-20H,11-12H2,1-2H3. The van der Waals surface area contributed by atoms with E-state index < -0.39 is 0 Å². The quantitative estimate of drug-likeness (QED) is 0.900. The molecule has 1 aliphatic heterocycles. The van der Waals surface area contributed by atoms with Crippen LogP contribution in [0.2, 0.25) is 0 Å². The molecule has 3 rings (SSSR count). The Bertz CT molecular complexity index is 619. The number of rotatable bonds is 3. The molecule has 1 atom stereocenters. The van der Waals surface area contributed by atoms with Gasteiger partial charge in [0, 0.05) is 24.6 Å². The SMILES string of the molecule is CC1(C)CC(NCc2ccc(O)cc2)c2ccccc2O1. The number of phenolic OH excluding ortho intramolecular Hbond substituents is 1. The lowest BCUT2D eigenvalue weighted by molar-refractivity contribution is 0.0657. The number of hydrogen-bond acceptors (Lipinski definition) is 3. The normalized spacial score (nSPS) is 19.6. The van der Waals surface area contributed by atoms with Crippen LogP contribution in [-0.2, 0) is 6.54 Å². The van der Waals surface area contributed by atoms with Crippen LogP contribution in [0.5, 0.6) is 11.5 Å². The molecule has 0 bridgehead atoms. The number of hydrogen-bond donors (Lipinski definition) is 2. The molecule has 0 spiro atoms. The lowest BCUT2D eigenvalue weighted by Gasteiger charge is -2.38. The molecule has 0 saturated carbocycles. The second-order valence-electron chi connectivity index (χ2n) is 6.20. The minimum absolute atomic E-state index is 0.166. The molecule has 110 valence electrons. The Morgan fingerprint density at radius 3 is 2.62 bits per heavy atom. The topological polar surface area (TPSA) is 41.5 Å². The van der Waals surface area contributed by atoms with Crippen LogP contribution >= 0.6 is 0 Å². The first-order chi connectivity index (χ1) is 10.0. The van der Waals surface area contributed by atoms with Gasteiger partial charge in [-0.25, -0.2) is 0 Å². The van der Waals surface area contributed by atoms with Crippen LogP contribution in [0.25, 0.3) is 0 Å². The monoisotopic (exact) mass is 283 g/mol. The van der Waals surface area contributed by atoms with E-state index in [1.165, 1.54) is 5.56 Å². The lowest BCUT2D eigenvalue weighted by atomic mass is 9.89. The molecule has 1 heterocycles. The van der Waals surface area contributed by atoms with Crippen LogP contribution in [-0.4, -0.2) is 10.7 Å². The average Bonchev–Trinajstić information content (AvgIpc) is 2.45. The molecule has 3 nitrogen and oxygen atoms in total. The third-order valence-corrected chi connectivity index (χ3v) is 3.87. The fraction of sp³-hybridized carbons (Fsp3) is 0.333. The average molecular weight is 283 g/mol. The largest absolute Gasteiger partial charge is 0.508 e.